The predicted octanol–water partition coefficient (Wildman–Crippen LogP) is 2.84. The van der Waals surface area contributed by atoms with Crippen molar-refractivity contribution >= 4 is 31.1 Å². The minimum absolute atomic E-state index is 0.103. The molecule has 0 N–H and O–H groups in total. The molecule has 2 aliphatic heterocycles. The Kier molecular flexibility index (Phi) is 2.66. The van der Waals surface area contributed by atoms with Gasteiger partial charge in [0.1, 0.15) is 11.6 Å². The first kappa shape index (κ1) is 13.1. The highest BCUT2D eigenvalue weighted by atomic mass is 28.3. The fraction of sp³-hybridized carbons (Fsp3) is 0.333. The largest absolute Gasteiger partial charge is 0.497 e. The summed E-state index contributed by atoms with van der Waals surface area (Å²) < 4.78 is 5.30. The van der Waals surface area contributed by atoms with Crippen LogP contribution in [0.15, 0.2) is 28.4 Å². The highest BCUT2D eigenvalue weighted by Crippen LogP contribution is 2.44. The van der Waals surface area contributed by atoms with Crippen molar-refractivity contribution in [2.45, 2.75) is 19.6 Å². The van der Waals surface area contributed by atoms with Crippen molar-refractivity contribution in [3.63, 3.8) is 0 Å². The first-order chi connectivity index (χ1) is 9.34. The van der Waals surface area contributed by atoms with E-state index < -0.39 is 8.07 Å². The normalized spacial score (nSPS) is 17.4. The van der Waals surface area contributed by atoms with E-state index in [0.29, 0.717) is 0 Å². The molecule has 104 valence electrons. The van der Waals surface area contributed by atoms with Crippen molar-refractivity contribution in [1.29, 1.82) is 0 Å². The maximum Gasteiger partial charge on any atom is 0.251 e. The van der Waals surface area contributed by atoms with E-state index in [-0.39, 0.29) is 5.91 Å². The highest BCUT2D eigenvalue weighted by Gasteiger charge is 2.43. The van der Waals surface area contributed by atoms with Gasteiger partial charge in [0, 0.05) is 23.4 Å². The zero-order valence-electron chi connectivity index (χ0n) is 12.4. The molecule has 0 aromatic heterocycles. The fourth-order valence-electron chi connectivity index (χ4n) is 2.79. The molecule has 2 heterocycles. The van der Waals surface area contributed by atoms with Gasteiger partial charge < -0.3 is 4.74 Å². The molecule has 0 unspecified atom stereocenters. The molecule has 0 fully saturated rings. The first-order valence-electron chi connectivity index (χ1n) is 6.65. The van der Waals surface area contributed by atoms with Crippen LogP contribution in [0.25, 0.3) is 5.57 Å². The number of benzene rings is 1. The summed E-state index contributed by atoms with van der Waals surface area (Å²) in [6.45, 7) is 6.59. The van der Waals surface area contributed by atoms with Crippen LogP contribution in [0.3, 0.4) is 0 Å². The average molecular weight is 286 g/mol. The maximum absolute atomic E-state index is 12.5. The van der Waals surface area contributed by atoms with Gasteiger partial charge >= 0.3 is 0 Å². The van der Waals surface area contributed by atoms with E-state index in [1.54, 1.807) is 19.1 Å². The number of nitrogens with zero attached hydrogens (tertiary/aromatic N) is 2. The maximum atomic E-state index is 12.5. The van der Waals surface area contributed by atoms with Crippen molar-refractivity contribution in [3.05, 3.63) is 29.0 Å². The molecular formula is C15H18N2O2Si. The summed E-state index contributed by atoms with van der Waals surface area (Å²) in [7, 11) is 1.71. The van der Waals surface area contributed by atoms with Gasteiger partial charge in [-0.2, -0.15) is 0 Å². The van der Waals surface area contributed by atoms with Crippen LogP contribution in [0, 0.1) is 0 Å². The van der Waals surface area contributed by atoms with Crippen molar-refractivity contribution in [2.24, 2.45) is 4.99 Å². The van der Waals surface area contributed by atoms with Gasteiger partial charge in [-0.3, -0.25) is 9.69 Å². The second kappa shape index (κ2) is 4.05. The summed E-state index contributed by atoms with van der Waals surface area (Å²) in [6.07, 6.45) is 0. The topological polar surface area (TPSA) is 41.9 Å². The molecule has 0 spiro atoms. The molecule has 4 nitrogen and oxygen atoms in total. The number of methoxy groups -OCH3 is 1. The fourth-order valence-corrected chi connectivity index (χ4v) is 4.59. The lowest BCUT2D eigenvalue weighted by Crippen LogP contribution is -2.34. The number of aliphatic imine (C=N–C) groups is 1. The second-order valence-electron chi connectivity index (χ2n) is 6.18. The van der Waals surface area contributed by atoms with Crippen molar-refractivity contribution in [3.8, 4) is 5.75 Å². The number of fused-ring (bicyclic) bond motifs is 3. The molecular weight excluding hydrogens is 268 g/mol. The molecule has 1 amide bonds. The summed E-state index contributed by atoms with van der Waals surface area (Å²) in [5, 5.41) is 0.964. The molecule has 5 heteroatoms. The van der Waals surface area contributed by atoms with Crippen LogP contribution in [0.4, 0.5) is 5.69 Å². The zero-order valence-corrected chi connectivity index (χ0v) is 13.4. The van der Waals surface area contributed by atoms with Gasteiger partial charge in [-0.25, -0.2) is 4.99 Å². The van der Waals surface area contributed by atoms with E-state index >= 15 is 0 Å². The lowest BCUT2D eigenvalue weighted by molar-refractivity contribution is -0.121. The number of hydrogen-bond donors (Lipinski definition) is 0. The summed E-state index contributed by atoms with van der Waals surface area (Å²) in [5.74, 6) is 1.69. The van der Waals surface area contributed by atoms with Crippen LogP contribution in [-0.2, 0) is 4.79 Å². The summed E-state index contributed by atoms with van der Waals surface area (Å²) in [6, 6.07) is 5.83. The Morgan fingerprint density at radius 1 is 1.25 bits per heavy atom. The number of likely N-dealkylation sites (N-methyl/N-ethyl adjacent to an activating group) is 1. The van der Waals surface area contributed by atoms with E-state index in [4.69, 9.17) is 4.74 Å². The van der Waals surface area contributed by atoms with Crippen LogP contribution < -0.4 is 4.74 Å². The van der Waals surface area contributed by atoms with Crippen LogP contribution in [-0.4, -0.2) is 38.9 Å². The Morgan fingerprint density at radius 3 is 2.55 bits per heavy atom. The van der Waals surface area contributed by atoms with Crippen LogP contribution in [0.2, 0.25) is 19.6 Å². The SMILES string of the molecule is COc1ccc2c(c1)C1=C([Si](C)(C)C)C(=O)N(C)C1=N2. The number of amides is 1. The summed E-state index contributed by atoms with van der Waals surface area (Å²) in [4.78, 5) is 18.8. The molecule has 0 aliphatic carbocycles. The van der Waals surface area contributed by atoms with Crippen molar-refractivity contribution < 1.29 is 9.53 Å². The monoisotopic (exact) mass is 286 g/mol. The lowest BCUT2D eigenvalue weighted by Gasteiger charge is -2.19. The van der Waals surface area contributed by atoms with Gasteiger partial charge in [0.15, 0.2) is 0 Å². The van der Waals surface area contributed by atoms with Crippen LogP contribution in [0.5, 0.6) is 5.75 Å². The molecule has 1 aromatic carbocycles. The lowest BCUT2D eigenvalue weighted by atomic mass is 10.1. The smallest absolute Gasteiger partial charge is 0.251 e. The zero-order chi connectivity index (χ0) is 14.7. The van der Waals surface area contributed by atoms with Gasteiger partial charge in [0.2, 0.25) is 0 Å². The predicted molar refractivity (Wildman–Crippen MR) is 83.1 cm³/mol. The quantitative estimate of drug-likeness (QED) is 0.785. The Balaban J connectivity index is 2.29. The highest BCUT2D eigenvalue weighted by molar-refractivity contribution is 6.90. The van der Waals surface area contributed by atoms with Gasteiger partial charge in [-0.1, -0.05) is 19.6 Å². The minimum Gasteiger partial charge on any atom is -0.497 e. The molecule has 0 bridgehead atoms. The molecule has 1 aromatic rings. The molecule has 2 aliphatic rings. The Morgan fingerprint density at radius 2 is 1.95 bits per heavy atom. The third kappa shape index (κ3) is 1.66. The third-order valence-electron chi connectivity index (χ3n) is 3.76. The molecule has 20 heavy (non-hydrogen) atoms. The summed E-state index contributed by atoms with van der Waals surface area (Å²) in [5.41, 5.74) is 2.96. The molecule has 3 rings (SSSR count). The molecule has 0 atom stereocenters. The Labute approximate surface area is 119 Å². The van der Waals surface area contributed by atoms with Gasteiger partial charge in [-0.05, 0) is 18.2 Å². The number of hydrogen-bond acceptors (Lipinski definition) is 3. The first-order valence-corrected chi connectivity index (χ1v) is 10.1. The van der Waals surface area contributed by atoms with Crippen molar-refractivity contribution in [2.75, 3.05) is 14.2 Å². The number of carbonyl (C=O) groups is 1. The number of ether oxygens (including phenoxy) is 1. The second-order valence-corrected chi connectivity index (χ2v) is 11.2. The Bertz CT molecular complexity index is 684. The molecule has 0 radical (unpaired) electrons. The standard InChI is InChI=1S/C15H18N2O2Si/c1-17-14-12(13(15(17)18)20(3,4)5)10-8-9(19-2)6-7-11(10)16-14/h6-8H,1-5H3. The van der Waals surface area contributed by atoms with E-state index in [1.165, 1.54) is 0 Å². The number of amidine groups is 1. The minimum atomic E-state index is -1.74. The van der Waals surface area contributed by atoms with E-state index in [1.807, 2.05) is 18.2 Å². The van der Waals surface area contributed by atoms with Gasteiger partial charge in [-0.15, -0.1) is 0 Å². The van der Waals surface area contributed by atoms with Crippen molar-refractivity contribution in [1.82, 2.24) is 4.90 Å². The van der Waals surface area contributed by atoms with E-state index in [9.17, 15) is 4.79 Å². The average Bonchev–Trinajstić information content (AvgIpc) is 2.85. The van der Waals surface area contributed by atoms with E-state index in [0.717, 1.165) is 33.6 Å². The Hall–Kier alpha value is -1.88. The van der Waals surface area contributed by atoms with Gasteiger partial charge in [0.05, 0.1) is 20.9 Å². The van der Waals surface area contributed by atoms with E-state index in [2.05, 4.69) is 24.6 Å². The van der Waals surface area contributed by atoms with Crippen LogP contribution >= 0.6 is 0 Å². The molecule has 0 saturated heterocycles. The third-order valence-corrected chi connectivity index (χ3v) is 5.72. The molecule has 0 saturated carbocycles. The van der Waals surface area contributed by atoms with Gasteiger partial charge in [0.25, 0.3) is 5.91 Å². The number of rotatable bonds is 2. The number of carbonyl (C=O) groups excluding carboxylic acids is 1. The van der Waals surface area contributed by atoms with Crippen LogP contribution in [0.1, 0.15) is 5.56 Å². The summed E-state index contributed by atoms with van der Waals surface area (Å²) >= 11 is 0.